The average molecular weight is 990 g/mol. The minimum Gasteiger partial charge on any atom is -0.456 e. The summed E-state index contributed by atoms with van der Waals surface area (Å²) < 4.78 is 16.2. The molecule has 374 valence electrons. The van der Waals surface area contributed by atoms with E-state index >= 15 is 0 Å². The maximum absolute atomic E-state index is 6.83. The number of fused-ring (bicyclic) bond motifs is 13. The molecule has 0 fully saturated rings. The first-order chi connectivity index (χ1) is 36.2. The topological polar surface area (TPSA) is 37.7 Å². The largest absolute Gasteiger partial charge is 0.456 e. The van der Waals surface area contributed by atoms with E-state index < -0.39 is 0 Å². The van der Waals surface area contributed by atoms with Crippen LogP contribution in [0.15, 0.2) is 179 Å². The summed E-state index contributed by atoms with van der Waals surface area (Å²) in [6.07, 6.45) is 0. The average Bonchev–Trinajstić information content (AvgIpc) is 4.21. The standard InChI is InChI=1S/C70H64BN3O2/c1-67(2,3)41-21-27-45(28-22-41)72-58-39-64-52(48-17-13-15-19-62(48)75-64)37-54(58)71-55-38-53-49-18-14-16-20-63(49)76-65(53)40-59(55)73(46-29-23-42(24-30-46)68(4,5)6)61-36-47(35-60(72)66(61)71)74-56-31-25-43(69(7,8)9)33-50(56)51-34-44(70(10,11)12)26-32-57(51)74/h13-40H,1-12H3. The summed E-state index contributed by atoms with van der Waals surface area (Å²) in [6.45, 7) is 27.5. The zero-order valence-corrected chi connectivity index (χ0v) is 45.9. The number of hydrogen-bond acceptors (Lipinski definition) is 4. The van der Waals surface area contributed by atoms with Crippen LogP contribution in [0.3, 0.4) is 0 Å². The van der Waals surface area contributed by atoms with Crippen molar-refractivity contribution >= 4 is 123 Å². The van der Waals surface area contributed by atoms with E-state index in [9.17, 15) is 0 Å². The van der Waals surface area contributed by atoms with Crippen LogP contribution in [0.5, 0.6) is 0 Å². The van der Waals surface area contributed by atoms with Gasteiger partial charge in [-0.05, 0) is 133 Å². The Balaban J connectivity index is 1.15. The van der Waals surface area contributed by atoms with E-state index in [1.165, 1.54) is 60.4 Å². The number of anilines is 6. The molecule has 0 spiro atoms. The van der Waals surface area contributed by atoms with Crippen molar-refractivity contribution in [3.63, 3.8) is 0 Å². The van der Waals surface area contributed by atoms with E-state index in [0.717, 1.165) is 83.7 Å². The highest BCUT2D eigenvalue weighted by Crippen LogP contribution is 2.49. The molecule has 0 atom stereocenters. The second-order valence-corrected chi connectivity index (χ2v) is 25.9. The summed E-state index contributed by atoms with van der Waals surface area (Å²) in [5.41, 5.74) is 22.5. The van der Waals surface area contributed by atoms with Gasteiger partial charge in [0.1, 0.15) is 22.3 Å². The molecule has 0 bridgehead atoms. The van der Waals surface area contributed by atoms with Gasteiger partial charge in [0.15, 0.2) is 0 Å². The Hall–Kier alpha value is -7.96. The first-order valence-corrected chi connectivity index (χ1v) is 27.2. The Labute approximate surface area is 446 Å². The predicted molar refractivity (Wildman–Crippen MR) is 324 cm³/mol. The van der Waals surface area contributed by atoms with E-state index in [4.69, 9.17) is 8.83 Å². The molecule has 3 aromatic heterocycles. The summed E-state index contributed by atoms with van der Waals surface area (Å²) in [4.78, 5) is 5.07. The molecule has 14 rings (SSSR count). The molecule has 76 heavy (non-hydrogen) atoms. The highest BCUT2D eigenvalue weighted by atomic mass is 16.3. The molecule has 0 saturated heterocycles. The number of benzene rings is 9. The molecule has 5 heterocycles. The van der Waals surface area contributed by atoms with Crippen molar-refractivity contribution in [1.82, 2.24) is 4.57 Å². The lowest BCUT2D eigenvalue weighted by Gasteiger charge is -2.44. The highest BCUT2D eigenvalue weighted by molar-refractivity contribution is 7.00. The number of nitrogens with zero attached hydrogens (tertiary/aromatic N) is 3. The second-order valence-electron chi connectivity index (χ2n) is 25.9. The summed E-state index contributed by atoms with van der Waals surface area (Å²) in [5.74, 6) is 0. The Bertz CT molecular complexity index is 4110. The van der Waals surface area contributed by atoms with Crippen LogP contribution < -0.4 is 26.2 Å². The van der Waals surface area contributed by atoms with Crippen molar-refractivity contribution in [1.29, 1.82) is 0 Å². The van der Waals surface area contributed by atoms with Gasteiger partial charge < -0.3 is 23.2 Å². The number of rotatable bonds is 3. The fourth-order valence-corrected chi connectivity index (χ4v) is 12.6. The Morgan fingerprint density at radius 3 is 1.09 bits per heavy atom. The molecule has 0 amide bonds. The summed E-state index contributed by atoms with van der Waals surface area (Å²) >= 11 is 0. The van der Waals surface area contributed by atoms with Crippen LogP contribution in [0.1, 0.15) is 105 Å². The zero-order chi connectivity index (χ0) is 52.5. The van der Waals surface area contributed by atoms with Gasteiger partial charge in [-0.1, -0.05) is 168 Å². The van der Waals surface area contributed by atoms with Crippen LogP contribution in [0.2, 0.25) is 0 Å². The van der Waals surface area contributed by atoms with Crippen molar-refractivity contribution in [2.75, 3.05) is 9.80 Å². The van der Waals surface area contributed by atoms with Crippen molar-refractivity contribution in [2.24, 2.45) is 0 Å². The van der Waals surface area contributed by atoms with Gasteiger partial charge in [-0.3, -0.25) is 0 Å². The predicted octanol–water partition coefficient (Wildman–Crippen LogP) is 17.9. The van der Waals surface area contributed by atoms with Crippen LogP contribution in [-0.4, -0.2) is 11.3 Å². The van der Waals surface area contributed by atoms with E-state index in [1.807, 2.05) is 0 Å². The van der Waals surface area contributed by atoms with Crippen LogP contribution in [0, 0.1) is 0 Å². The number of hydrogen-bond donors (Lipinski definition) is 0. The first kappa shape index (κ1) is 46.6. The lowest BCUT2D eigenvalue weighted by Crippen LogP contribution is -2.61. The van der Waals surface area contributed by atoms with E-state index in [2.05, 4.69) is 267 Å². The monoisotopic (exact) mass is 990 g/mol. The van der Waals surface area contributed by atoms with E-state index in [0.29, 0.717) is 0 Å². The van der Waals surface area contributed by atoms with Crippen molar-refractivity contribution in [3.8, 4) is 5.69 Å². The summed E-state index contributed by atoms with van der Waals surface area (Å²) in [7, 11) is 0. The van der Waals surface area contributed by atoms with Crippen LogP contribution >= 0.6 is 0 Å². The van der Waals surface area contributed by atoms with Gasteiger partial charge in [-0.15, -0.1) is 0 Å². The fraction of sp³-hybridized carbons (Fsp3) is 0.229. The second kappa shape index (κ2) is 15.8. The molecule has 2 aliphatic heterocycles. The van der Waals surface area contributed by atoms with E-state index in [-0.39, 0.29) is 28.4 Å². The van der Waals surface area contributed by atoms with Gasteiger partial charge in [0, 0.05) is 78.6 Å². The van der Waals surface area contributed by atoms with Gasteiger partial charge in [-0.25, -0.2) is 0 Å². The Morgan fingerprint density at radius 1 is 0.316 bits per heavy atom. The molecule has 5 nitrogen and oxygen atoms in total. The Kier molecular flexibility index (Phi) is 9.68. The van der Waals surface area contributed by atoms with Gasteiger partial charge in [-0.2, -0.15) is 0 Å². The number of para-hydroxylation sites is 2. The molecule has 0 unspecified atom stereocenters. The van der Waals surface area contributed by atoms with Gasteiger partial charge in [0.05, 0.1) is 16.7 Å². The maximum atomic E-state index is 6.83. The third kappa shape index (κ3) is 6.98. The minimum atomic E-state index is -0.155. The SMILES string of the molecule is CC(C)(C)c1ccc(N2c3cc4oc5ccccc5c4cc3B3c4cc5c(cc4N(c4ccc(C(C)(C)C)cc4)c4cc(-n6c7ccc(C(C)(C)C)cc7c7cc(C(C)(C)C)ccc76)cc2c43)oc2ccccc25)cc1. The van der Waals surface area contributed by atoms with Gasteiger partial charge >= 0.3 is 0 Å². The smallest absolute Gasteiger partial charge is 0.252 e. The Morgan fingerprint density at radius 2 is 0.697 bits per heavy atom. The maximum Gasteiger partial charge on any atom is 0.252 e. The highest BCUT2D eigenvalue weighted by Gasteiger charge is 2.45. The third-order valence-electron chi connectivity index (χ3n) is 16.8. The molecule has 12 aromatic rings. The molecular weight excluding hydrogens is 926 g/mol. The first-order valence-electron chi connectivity index (χ1n) is 27.2. The van der Waals surface area contributed by atoms with Crippen LogP contribution in [0.4, 0.5) is 34.1 Å². The number of furan rings is 2. The molecule has 0 N–H and O–H groups in total. The molecule has 6 heteroatoms. The van der Waals surface area contributed by atoms with Crippen molar-refractivity contribution in [2.45, 2.75) is 105 Å². The molecule has 0 aliphatic carbocycles. The lowest BCUT2D eigenvalue weighted by atomic mass is 9.33. The quantitative estimate of drug-likeness (QED) is 0.165. The van der Waals surface area contributed by atoms with E-state index in [1.54, 1.807) is 0 Å². The molecule has 9 aromatic carbocycles. The molecule has 0 radical (unpaired) electrons. The molecule has 0 saturated carbocycles. The zero-order valence-electron chi connectivity index (χ0n) is 45.9. The minimum absolute atomic E-state index is 0.0193. The van der Waals surface area contributed by atoms with Crippen molar-refractivity contribution in [3.05, 3.63) is 192 Å². The van der Waals surface area contributed by atoms with Crippen LogP contribution in [0.25, 0.3) is 71.4 Å². The lowest BCUT2D eigenvalue weighted by molar-refractivity contribution is 0.590. The normalized spacial score (nSPS) is 14.0. The molecule has 2 aliphatic rings. The van der Waals surface area contributed by atoms with Gasteiger partial charge in [0.25, 0.3) is 6.71 Å². The van der Waals surface area contributed by atoms with Gasteiger partial charge in [0.2, 0.25) is 0 Å². The van der Waals surface area contributed by atoms with Crippen molar-refractivity contribution < 1.29 is 8.83 Å². The third-order valence-corrected chi connectivity index (χ3v) is 16.8. The van der Waals surface area contributed by atoms with Crippen LogP contribution in [-0.2, 0) is 21.7 Å². The summed E-state index contributed by atoms with van der Waals surface area (Å²) in [6, 6.07) is 64.4. The summed E-state index contributed by atoms with van der Waals surface area (Å²) in [5, 5.41) is 6.99. The molecular formula is C70H64BN3O2. The fourth-order valence-electron chi connectivity index (χ4n) is 12.6. The number of aromatic nitrogens is 1.